The lowest BCUT2D eigenvalue weighted by atomic mass is 9.77. The predicted molar refractivity (Wildman–Crippen MR) is 62.1 cm³/mol. The van der Waals surface area contributed by atoms with Gasteiger partial charge in [0.1, 0.15) is 0 Å². The van der Waals surface area contributed by atoms with Crippen molar-refractivity contribution in [1.29, 1.82) is 0 Å². The minimum Gasteiger partial charge on any atom is -0.382 e. The van der Waals surface area contributed by atoms with Crippen LogP contribution in [0.5, 0.6) is 0 Å². The lowest BCUT2D eigenvalue weighted by Crippen LogP contribution is -2.41. The zero-order chi connectivity index (χ0) is 11.3. The van der Waals surface area contributed by atoms with E-state index in [4.69, 9.17) is 9.47 Å². The molecule has 1 fully saturated rings. The second-order valence-electron chi connectivity index (χ2n) is 4.66. The SMILES string of the molecule is CCNCC1(CC(C)OC)CCOC1C. The van der Waals surface area contributed by atoms with Crippen molar-refractivity contribution in [2.45, 2.75) is 45.8 Å². The molecule has 1 aliphatic heterocycles. The first kappa shape index (κ1) is 12.9. The molecule has 1 heterocycles. The molecule has 0 aromatic heterocycles. The second-order valence-corrected chi connectivity index (χ2v) is 4.66. The Kier molecular flexibility index (Phi) is 5.03. The lowest BCUT2D eigenvalue weighted by Gasteiger charge is -2.34. The van der Waals surface area contributed by atoms with Crippen LogP contribution in [-0.2, 0) is 9.47 Å². The van der Waals surface area contributed by atoms with Gasteiger partial charge in [-0.2, -0.15) is 0 Å². The van der Waals surface area contributed by atoms with Crippen LogP contribution in [0.25, 0.3) is 0 Å². The van der Waals surface area contributed by atoms with E-state index >= 15 is 0 Å². The Balaban J connectivity index is 2.59. The zero-order valence-electron chi connectivity index (χ0n) is 10.5. The minimum absolute atomic E-state index is 0.269. The average Bonchev–Trinajstić information content (AvgIpc) is 2.58. The maximum Gasteiger partial charge on any atom is 0.0617 e. The first-order chi connectivity index (χ1) is 7.14. The number of hydrogen-bond acceptors (Lipinski definition) is 3. The molecule has 0 aliphatic carbocycles. The van der Waals surface area contributed by atoms with E-state index in [-0.39, 0.29) is 5.41 Å². The highest BCUT2D eigenvalue weighted by Crippen LogP contribution is 2.39. The van der Waals surface area contributed by atoms with Crippen molar-refractivity contribution in [3.63, 3.8) is 0 Å². The molecule has 0 radical (unpaired) electrons. The van der Waals surface area contributed by atoms with Gasteiger partial charge in [0.15, 0.2) is 0 Å². The summed E-state index contributed by atoms with van der Waals surface area (Å²) in [5.41, 5.74) is 0.269. The fraction of sp³-hybridized carbons (Fsp3) is 1.00. The summed E-state index contributed by atoms with van der Waals surface area (Å²) >= 11 is 0. The zero-order valence-corrected chi connectivity index (χ0v) is 10.5. The van der Waals surface area contributed by atoms with Gasteiger partial charge in [-0.05, 0) is 33.2 Å². The average molecular weight is 215 g/mol. The third-order valence-electron chi connectivity index (χ3n) is 3.65. The number of hydrogen-bond donors (Lipinski definition) is 1. The molecule has 0 aromatic carbocycles. The summed E-state index contributed by atoms with van der Waals surface area (Å²) in [5, 5.41) is 3.46. The van der Waals surface area contributed by atoms with E-state index in [2.05, 4.69) is 26.1 Å². The van der Waals surface area contributed by atoms with E-state index in [0.29, 0.717) is 12.2 Å². The topological polar surface area (TPSA) is 30.5 Å². The van der Waals surface area contributed by atoms with Crippen molar-refractivity contribution in [3.8, 4) is 0 Å². The van der Waals surface area contributed by atoms with Crippen molar-refractivity contribution in [3.05, 3.63) is 0 Å². The van der Waals surface area contributed by atoms with Crippen LogP contribution in [0, 0.1) is 5.41 Å². The van der Waals surface area contributed by atoms with Gasteiger partial charge in [0.25, 0.3) is 0 Å². The summed E-state index contributed by atoms with van der Waals surface area (Å²) in [4.78, 5) is 0. The predicted octanol–water partition coefficient (Wildman–Crippen LogP) is 1.82. The van der Waals surface area contributed by atoms with Crippen LogP contribution in [-0.4, -0.2) is 39.0 Å². The van der Waals surface area contributed by atoms with Gasteiger partial charge in [0.05, 0.1) is 12.2 Å². The van der Waals surface area contributed by atoms with E-state index in [1.807, 2.05) is 0 Å². The van der Waals surface area contributed by atoms with Gasteiger partial charge in [-0.1, -0.05) is 6.92 Å². The highest BCUT2D eigenvalue weighted by atomic mass is 16.5. The van der Waals surface area contributed by atoms with Crippen molar-refractivity contribution in [2.24, 2.45) is 5.41 Å². The molecule has 0 saturated carbocycles. The summed E-state index contributed by atoms with van der Waals surface area (Å²) in [7, 11) is 1.78. The Morgan fingerprint density at radius 1 is 1.60 bits per heavy atom. The van der Waals surface area contributed by atoms with E-state index in [9.17, 15) is 0 Å². The number of ether oxygens (including phenoxy) is 2. The molecule has 3 heteroatoms. The van der Waals surface area contributed by atoms with Gasteiger partial charge >= 0.3 is 0 Å². The summed E-state index contributed by atoms with van der Waals surface area (Å²) in [6.45, 7) is 9.43. The molecule has 0 spiro atoms. The van der Waals surface area contributed by atoms with E-state index < -0.39 is 0 Å². The normalized spacial score (nSPS) is 33.2. The molecule has 15 heavy (non-hydrogen) atoms. The van der Waals surface area contributed by atoms with Gasteiger partial charge in [0, 0.05) is 25.7 Å². The van der Waals surface area contributed by atoms with E-state index in [1.54, 1.807) is 7.11 Å². The van der Waals surface area contributed by atoms with Crippen LogP contribution in [0.4, 0.5) is 0 Å². The Hall–Kier alpha value is -0.120. The molecule has 3 unspecified atom stereocenters. The molecule has 1 rings (SSSR count). The maximum atomic E-state index is 5.72. The molecule has 1 N–H and O–H groups in total. The maximum absolute atomic E-state index is 5.72. The standard InChI is InChI=1S/C12H25NO2/c1-5-13-9-12(8-10(2)14-4)6-7-15-11(12)3/h10-11,13H,5-9H2,1-4H3. The third-order valence-corrected chi connectivity index (χ3v) is 3.65. The molecular formula is C12H25NO2. The molecule has 90 valence electrons. The highest BCUT2D eigenvalue weighted by Gasteiger charge is 2.41. The van der Waals surface area contributed by atoms with Crippen LogP contribution in [0.1, 0.15) is 33.6 Å². The van der Waals surface area contributed by atoms with Crippen molar-refractivity contribution in [2.75, 3.05) is 26.8 Å². The van der Waals surface area contributed by atoms with Crippen LogP contribution in [0.2, 0.25) is 0 Å². The molecule has 3 nitrogen and oxygen atoms in total. The van der Waals surface area contributed by atoms with Crippen LogP contribution < -0.4 is 5.32 Å². The minimum atomic E-state index is 0.269. The van der Waals surface area contributed by atoms with Crippen LogP contribution in [0.15, 0.2) is 0 Å². The summed E-state index contributed by atoms with van der Waals surface area (Å²) in [6, 6.07) is 0. The van der Waals surface area contributed by atoms with Gasteiger partial charge < -0.3 is 14.8 Å². The largest absolute Gasteiger partial charge is 0.382 e. The Morgan fingerprint density at radius 2 is 2.33 bits per heavy atom. The van der Waals surface area contributed by atoms with Crippen molar-refractivity contribution in [1.82, 2.24) is 5.32 Å². The Labute approximate surface area is 93.5 Å². The van der Waals surface area contributed by atoms with Gasteiger partial charge in [-0.3, -0.25) is 0 Å². The molecular weight excluding hydrogens is 190 g/mol. The number of nitrogens with one attached hydrogen (secondary N) is 1. The van der Waals surface area contributed by atoms with Gasteiger partial charge in [-0.15, -0.1) is 0 Å². The molecule has 0 bridgehead atoms. The first-order valence-electron chi connectivity index (χ1n) is 5.99. The fourth-order valence-corrected chi connectivity index (χ4v) is 2.42. The monoisotopic (exact) mass is 215 g/mol. The third kappa shape index (κ3) is 3.16. The van der Waals surface area contributed by atoms with Crippen LogP contribution >= 0.6 is 0 Å². The fourth-order valence-electron chi connectivity index (χ4n) is 2.42. The highest BCUT2D eigenvalue weighted by molar-refractivity contribution is 4.92. The van der Waals surface area contributed by atoms with Gasteiger partial charge in [-0.25, -0.2) is 0 Å². The van der Waals surface area contributed by atoms with Crippen molar-refractivity contribution < 1.29 is 9.47 Å². The summed E-state index contributed by atoms with van der Waals surface area (Å²) in [6.07, 6.45) is 2.88. The van der Waals surface area contributed by atoms with Crippen molar-refractivity contribution >= 4 is 0 Å². The lowest BCUT2D eigenvalue weighted by molar-refractivity contribution is 0.0160. The quantitative estimate of drug-likeness (QED) is 0.733. The second kappa shape index (κ2) is 5.83. The first-order valence-corrected chi connectivity index (χ1v) is 5.99. The number of methoxy groups -OCH3 is 1. The molecule has 0 amide bonds. The Morgan fingerprint density at radius 3 is 2.80 bits per heavy atom. The molecule has 0 aromatic rings. The smallest absolute Gasteiger partial charge is 0.0617 e. The summed E-state index contributed by atoms with van der Waals surface area (Å²) in [5.74, 6) is 0. The summed E-state index contributed by atoms with van der Waals surface area (Å²) < 4.78 is 11.1. The Bertz CT molecular complexity index is 186. The molecule has 3 atom stereocenters. The van der Waals surface area contributed by atoms with E-state index in [1.165, 1.54) is 0 Å². The van der Waals surface area contributed by atoms with Gasteiger partial charge in [0.2, 0.25) is 0 Å². The van der Waals surface area contributed by atoms with E-state index in [0.717, 1.165) is 32.5 Å². The molecule has 1 aliphatic rings. The van der Waals surface area contributed by atoms with Crippen LogP contribution in [0.3, 0.4) is 0 Å². The number of rotatable bonds is 6. The molecule has 1 saturated heterocycles.